The lowest BCUT2D eigenvalue weighted by Gasteiger charge is -2.49. The summed E-state index contributed by atoms with van der Waals surface area (Å²) < 4.78 is 0. The van der Waals surface area contributed by atoms with Crippen molar-refractivity contribution in [1.29, 1.82) is 0 Å². The van der Waals surface area contributed by atoms with Gasteiger partial charge in [-0.1, -0.05) is 0 Å². The second-order valence-electron chi connectivity index (χ2n) is 4.59. The average molecular weight is 168 g/mol. The highest BCUT2D eigenvalue weighted by atomic mass is 15.2. The molecule has 0 aromatic carbocycles. The average Bonchev–Trinajstić information content (AvgIpc) is 2.02. The van der Waals surface area contributed by atoms with E-state index in [1.807, 2.05) is 0 Å². The first kappa shape index (κ1) is 8.52. The van der Waals surface area contributed by atoms with Crippen molar-refractivity contribution < 1.29 is 0 Å². The minimum atomic E-state index is 0.575. The molecule has 2 fully saturated rings. The van der Waals surface area contributed by atoms with Gasteiger partial charge in [0.25, 0.3) is 0 Å². The van der Waals surface area contributed by atoms with Crippen molar-refractivity contribution in [3.63, 3.8) is 0 Å². The van der Waals surface area contributed by atoms with Crippen molar-refractivity contribution >= 4 is 0 Å². The van der Waals surface area contributed by atoms with Crippen LogP contribution in [0, 0.1) is 0 Å². The van der Waals surface area contributed by atoms with E-state index >= 15 is 0 Å². The van der Waals surface area contributed by atoms with Crippen molar-refractivity contribution in [3.05, 3.63) is 0 Å². The maximum absolute atomic E-state index is 3.59. The zero-order valence-corrected chi connectivity index (χ0v) is 8.27. The monoisotopic (exact) mass is 168 g/mol. The third-order valence-corrected chi connectivity index (χ3v) is 3.59. The first-order chi connectivity index (χ1) is 5.72. The van der Waals surface area contributed by atoms with E-state index in [1.165, 1.54) is 38.9 Å². The highest BCUT2D eigenvalue weighted by molar-refractivity contribution is 5.00. The number of hydrogen-bond acceptors (Lipinski definition) is 2. The molecule has 0 aliphatic carbocycles. The molecule has 2 heteroatoms. The standard InChI is InChI=1S/C10H20N2/c1-9(2)12-7-4-10(5-8-12)3-6-11-10/h9,11H,3-8H2,1-2H3. The molecular formula is C10H20N2. The van der Waals surface area contributed by atoms with Crippen LogP contribution in [0.25, 0.3) is 0 Å². The number of nitrogens with one attached hydrogen (secondary N) is 1. The van der Waals surface area contributed by atoms with Crippen molar-refractivity contribution in [2.45, 2.75) is 44.7 Å². The van der Waals surface area contributed by atoms with Gasteiger partial charge in [-0.15, -0.1) is 0 Å². The van der Waals surface area contributed by atoms with Crippen LogP contribution in [0.4, 0.5) is 0 Å². The Morgan fingerprint density at radius 2 is 1.75 bits per heavy atom. The van der Waals surface area contributed by atoms with E-state index in [2.05, 4.69) is 24.1 Å². The Balaban J connectivity index is 1.84. The van der Waals surface area contributed by atoms with Crippen molar-refractivity contribution in [3.8, 4) is 0 Å². The van der Waals surface area contributed by atoms with Gasteiger partial charge in [0.2, 0.25) is 0 Å². The fourth-order valence-electron chi connectivity index (χ4n) is 2.37. The number of rotatable bonds is 1. The Bertz CT molecular complexity index is 151. The highest BCUT2D eigenvalue weighted by Gasteiger charge is 2.39. The molecule has 2 aliphatic rings. The van der Waals surface area contributed by atoms with Crippen LogP contribution in [0.1, 0.15) is 33.1 Å². The summed E-state index contributed by atoms with van der Waals surface area (Å²) in [5, 5.41) is 3.59. The smallest absolute Gasteiger partial charge is 0.0217 e. The van der Waals surface area contributed by atoms with Crippen LogP contribution in [-0.4, -0.2) is 36.1 Å². The molecule has 0 saturated carbocycles. The Hall–Kier alpha value is -0.0800. The third-order valence-electron chi connectivity index (χ3n) is 3.59. The molecule has 0 amide bonds. The summed E-state index contributed by atoms with van der Waals surface area (Å²) in [6.45, 7) is 8.44. The molecule has 1 spiro atoms. The molecular weight excluding hydrogens is 148 g/mol. The van der Waals surface area contributed by atoms with Crippen LogP contribution in [0.2, 0.25) is 0 Å². The molecule has 2 rings (SSSR count). The van der Waals surface area contributed by atoms with Gasteiger partial charge in [-0.2, -0.15) is 0 Å². The maximum Gasteiger partial charge on any atom is 0.0217 e. The lowest BCUT2D eigenvalue weighted by Crippen LogP contribution is -2.62. The Kier molecular flexibility index (Phi) is 2.13. The van der Waals surface area contributed by atoms with Crippen molar-refractivity contribution in [2.75, 3.05) is 19.6 Å². The summed E-state index contributed by atoms with van der Waals surface area (Å²) in [6.07, 6.45) is 4.15. The van der Waals surface area contributed by atoms with Crippen LogP contribution in [0.15, 0.2) is 0 Å². The predicted molar refractivity (Wildman–Crippen MR) is 51.3 cm³/mol. The first-order valence-electron chi connectivity index (χ1n) is 5.21. The Labute approximate surface area is 75.3 Å². The molecule has 2 aliphatic heterocycles. The molecule has 0 radical (unpaired) electrons. The minimum Gasteiger partial charge on any atom is -0.311 e. The summed E-state index contributed by atoms with van der Waals surface area (Å²) in [5.74, 6) is 0. The van der Waals surface area contributed by atoms with Gasteiger partial charge < -0.3 is 10.2 Å². The lowest BCUT2D eigenvalue weighted by atomic mass is 9.79. The van der Waals surface area contributed by atoms with E-state index < -0.39 is 0 Å². The summed E-state index contributed by atoms with van der Waals surface area (Å²) in [7, 11) is 0. The van der Waals surface area contributed by atoms with E-state index in [-0.39, 0.29) is 0 Å². The number of piperidine rings is 1. The molecule has 70 valence electrons. The minimum absolute atomic E-state index is 0.575. The fraction of sp³-hybridized carbons (Fsp3) is 1.00. The van der Waals surface area contributed by atoms with Gasteiger partial charge in [-0.05, 0) is 39.7 Å². The van der Waals surface area contributed by atoms with Gasteiger partial charge in [0, 0.05) is 24.7 Å². The van der Waals surface area contributed by atoms with E-state index in [4.69, 9.17) is 0 Å². The van der Waals surface area contributed by atoms with Crippen molar-refractivity contribution in [2.24, 2.45) is 0 Å². The topological polar surface area (TPSA) is 15.3 Å². The largest absolute Gasteiger partial charge is 0.311 e. The van der Waals surface area contributed by atoms with Gasteiger partial charge in [0.15, 0.2) is 0 Å². The zero-order valence-electron chi connectivity index (χ0n) is 8.27. The predicted octanol–water partition coefficient (Wildman–Crippen LogP) is 1.22. The number of hydrogen-bond donors (Lipinski definition) is 1. The molecule has 0 unspecified atom stereocenters. The van der Waals surface area contributed by atoms with Crippen LogP contribution in [-0.2, 0) is 0 Å². The molecule has 12 heavy (non-hydrogen) atoms. The summed E-state index contributed by atoms with van der Waals surface area (Å²) >= 11 is 0. The molecule has 2 saturated heterocycles. The summed E-state index contributed by atoms with van der Waals surface area (Å²) in [4.78, 5) is 2.59. The van der Waals surface area contributed by atoms with E-state index in [9.17, 15) is 0 Å². The Morgan fingerprint density at radius 3 is 2.08 bits per heavy atom. The zero-order chi connectivity index (χ0) is 8.60. The third kappa shape index (κ3) is 1.38. The fourth-order valence-corrected chi connectivity index (χ4v) is 2.37. The number of nitrogens with zero attached hydrogens (tertiary/aromatic N) is 1. The van der Waals surface area contributed by atoms with E-state index in [0.717, 1.165) is 6.04 Å². The lowest BCUT2D eigenvalue weighted by molar-refractivity contribution is 0.0690. The van der Waals surface area contributed by atoms with Crippen molar-refractivity contribution in [1.82, 2.24) is 10.2 Å². The molecule has 0 atom stereocenters. The van der Waals surface area contributed by atoms with Gasteiger partial charge >= 0.3 is 0 Å². The summed E-state index contributed by atoms with van der Waals surface area (Å²) in [6, 6.07) is 0.738. The quantitative estimate of drug-likeness (QED) is 0.633. The maximum atomic E-state index is 3.59. The molecule has 2 nitrogen and oxygen atoms in total. The van der Waals surface area contributed by atoms with Crippen LogP contribution < -0.4 is 5.32 Å². The molecule has 0 aromatic rings. The van der Waals surface area contributed by atoms with E-state index in [0.29, 0.717) is 5.54 Å². The van der Waals surface area contributed by atoms with Crippen LogP contribution in [0.5, 0.6) is 0 Å². The van der Waals surface area contributed by atoms with Gasteiger partial charge in [-0.3, -0.25) is 0 Å². The van der Waals surface area contributed by atoms with Crippen LogP contribution >= 0.6 is 0 Å². The SMILES string of the molecule is CC(C)N1CCC2(CCN2)CC1. The second-order valence-corrected chi connectivity index (χ2v) is 4.59. The number of likely N-dealkylation sites (tertiary alicyclic amines) is 1. The normalized spacial score (nSPS) is 29.2. The highest BCUT2D eigenvalue weighted by Crippen LogP contribution is 2.31. The molecule has 1 N–H and O–H groups in total. The van der Waals surface area contributed by atoms with Gasteiger partial charge in [0.05, 0.1) is 0 Å². The molecule has 0 aromatic heterocycles. The van der Waals surface area contributed by atoms with Crippen LogP contribution in [0.3, 0.4) is 0 Å². The summed E-state index contributed by atoms with van der Waals surface area (Å²) in [5.41, 5.74) is 0.575. The first-order valence-corrected chi connectivity index (χ1v) is 5.21. The Morgan fingerprint density at radius 1 is 1.17 bits per heavy atom. The molecule has 0 bridgehead atoms. The molecule has 2 heterocycles. The van der Waals surface area contributed by atoms with E-state index in [1.54, 1.807) is 0 Å². The van der Waals surface area contributed by atoms with Gasteiger partial charge in [-0.25, -0.2) is 0 Å². The van der Waals surface area contributed by atoms with Gasteiger partial charge in [0.1, 0.15) is 0 Å². The second kappa shape index (κ2) is 3.00.